The van der Waals surface area contributed by atoms with Gasteiger partial charge in [0.1, 0.15) is 0 Å². The highest BCUT2D eigenvalue weighted by molar-refractivity contribution is 4.99. The first kappa shape index (κ1) is 14.1. The third-order valence-corrected chi connectivity index (χ3v) is 4.74. The Morgan fingerprint density at radius 3 is 2.95 bits per heavy atom. The van der Waals surface area contributed by atoms with Crippen LogP contribution in [0.5, 0.6) is 0 Å². The fraction of sp³-hybridized carbons (Fsp3) is 0.812. The zero-order valence-electron chi connectivity index (χ0n) is 12.6. The Kier molecular flexibility index (Phi) is 4.41. The maximum absolute atomic E-state index is 6.12. The second kappa shape index (κ2) is 6.27. The average Bonchev–Trinajstić information content (AvgIpc) is 2.96. The van der Waals surface area contributed by atoms with Gasteiger partial charge < -0.3 is 10.1 Å². The van der Waals surface area contributed by atoms with Crippen molar-refractivity contribution in [2.75, 3.05) is 13.1 Å². The third-order valence-electron chi connectivity index (χ3n) is 4.74. The quantitative estimate of drug-likeness (QED) is 0.919. The lowest BCUT2D eigenvalue weighted by Gasteiger charge is -2.33. The zero-order chi connectivity index (χ0) is 13.8. The Balaban J connectivity index is 1.54. The molecule has 1 atom stereocenters. The van der Waals surface area contributed by atoms with Crippen molar-refractivity contribution >= 4 is 0 Å². The lowest BCUT2D eigenvalue weighted by Crippen LogP contribution is -2.45. The Hall–Kier alpha value is -0.870. The molecule has 4 nitrogen and oxygen atoms in total. The van der Waals surface area contributed by atoms with Gasteiger partial charge in [-0.2, -0.15) is 5.10 Å². The predicted octanol–water partition coefficient (Wildman–Crippen LogP) is 3.05. The molecule has 0 spiro atoms. The molecule has 1 saturated carbocycles. The van der Waals surface area contributed by atoms with Gasteiger partial charge in [-0.1, -0.05) is 19.3 Å². The molecule has 1 saturated heterocycles. The highest BCUT2D eigenvalue weighted by atomic mass is 16.5. The molecule has 1 aromatic heterocycles. The summed E-state index contributed by atoms with van der Waals surface area (Å²) in [5.41, 5.74) is 1.05. The van der Waals surface area contributed by atoms with Crippen molar-refractivity contribution in [3.05, 3.63) is 18.0 Å². The van der Waals surface area contributed by atoms with Gasteiger partial charge in [0.05, 0.1) is 23.9 Å². The van der Waals surface area contributed by atoms with Gasteiger partial charge in [-0.15, -0.1) is 0 Å². The molecule has 0 aromatic carbocycles. The summed E-state index contributed by atoms with van der Waals surface area (Å²) in [6, 6.07) is 2.73. The first-order chi connectivity index (χ1) is 9.75. The van der Waals surface area contributed by atoms with E-state index in [-0.39, 0.29) is 5.60 Å². The molecule has 1 N–H and O–H groups in total. The first-order valence-corrected chi connectivity index (χ1v) is 8.14. The van der Waals surface area contributed by atoms with Crippen molar-refractivity contribution in [1.29, 1.82) is 0 Å². The van der Waals surface area contributed by atoms with Crippen molar-refractivity contribution < 1.29 is 4.74 Å². The molecule has 1 aromatic rings. The minimum atomic E-state index is -0.0210. The van der Waals surface area contributed by atoms with E-state index in [1.807, 2.05) is 0 Å². The maximum Gasteiger partial charge on any atom is 0.0914 e. The summed E-state index contributed by atoms with van der Waals surface area (Å²) >= 11 is 0. The minimum absolute atomic E-state index is 0.0210. The van der Waals surface area contributed by atoms with E-state index in [1.165, 1.54) is 38.5 Å². The second-order valence-corrected chi connectivity index (χ2v) is 6.60. The maximum atomic E-state index is 6.12. The fourth-order valence-electron chi connectivity index (χ4n) is 3.40. The standard InChI is InChI=1S/C16H27N3O/c1-16(9-5-10-17-13-16)20-12-14-8-11-19(18-14)15-6-3-2-4-7-15/h8,11,15,17H,2-7,9-10,12-13H2,1H3. The van der Waals surface area contributed by atoms with E-state index in [9.17, 15) is 0 Å². The lowest BCUT2D eigenvalue weighted by molar-refractivity contribution is -0.0585. The smallest absolute Gasteiger partial charge is 0.0914 e. The third kappa shape index (κ3) is 3.41. The average molecular weight is 277 g/mol. The van der Waals surface area contributed by atoms with E-state index in [1.54, 1.807) is 0 Å². The van der Waals surface area contributed by atoms with Crippen LogP contribution in [0.15, 0.2) is 12.3 Å². The molecule has 0 amide bonds. The molecule has 1 aliphatic carbocycles. The summed E-state index contributed by atoms with van der Waals surface area (Å²) in [4.78, 5) is 0. The van der Waals surface area contributed by atoms with Gasteiger partial charge in [0, 0.05) is 12.7 Å². The van der Waals surface area contributed by atoms with Crippen molar-refractivity contribution in [2.24, 2.45) is 0 Å². The molecular weight excluding hydrogens is 250 g/mol. The first-order valence-electron chi connectivity index (χ1n) is 8.14. The monoisotopic (exact) mass is 277 g/mol. The van der Waals surface area contributed by atoms with Crippen LogP contribution in [0.2, 0.25) is 0 Å². The molecule has 4 heteroatoms. The largest absolute Gasteiger partial charge is 0.368 e. The SMILES string of the molecule is CC1(OCc2ccn(C3CCCCC3)n2)CCCNC1. The number of ether oxygens (including phenoxy) is 1. The summed E-state index contributed by atoms with van der Waals surface area (Å²) in [6.45, 7) is 4.92. The van der Waals surface area contributed by atoms with Crippen molar-refractivity contribution in [3.63, 3.8) is 0 Å². The lowest BCUT2D eigenvalue weighted by atomic mass is 9.96. The number of nitrogens with one attached hydrogen (secondary N) is 1. The summed E-state index contributed by atoms with van der Waals surface area (Å²) in [7, 11) is 0. The van der Waals surface area contributed by atoms with E-state index in [0.717, 1.165) is 25.2 Å². The number of hydrogen-bond acceptors (Lipinski definition) is 3. The van der Waals surface area contributed by atoms with Crippen LogP contribution in [0, 0.1) is 0 Å². The van der Waals surface area contributed by atoms with E-state index in [4.69, 9.17) is 9.84 Å². The van der Waals surface area contributed by atoms with Crippen LogP contribution in [0.3, 0.4) is 0 Å². The number of aromatic nitrogens is 2. The van der Waals surface area contributed by atoms with Crippen LogP contribution in [0.4, 0.5) is 0 Å². The van der Waals surface area contributed by atoms with Gasteiger partial charge >= 0.3 is 0 Å². The normalized spacial score (nSPS) is 28.6. The Morgan fingerprint density at radius 2 is 2.20 bits per heavy atom. The molecule has 2 heterocycles. The molecule has 0 radical (unpaired) electrons. The molecule has 112 valence electrons. The van der Waals surface area contributed by atoms with Crippen molar-refractivity contribution in [2.45, 2.75) is 70.1 Å². The van der Waals surface area contributed by atoms with Crippen LogP contribution in [-0.4, -0.2) is 28.5 Å². The van der Waals surface area contributed by atoms with Gasteiger partial charge in [-0.3, -0.25) is 4.68 Å². The number of rotatable bonds is 4. The number of hydrogen-bond donors (Lipinski definition) is 1. The molecule has 2 fully saturated rings. The number of nitrogens with zero attached hydrogens (tertiary/aromatic N) is 2. The highest BCUT2D eigenvalue weighted by Gasteiger charge is 2.27. The second-order valence-electron chi connectivity index (χ2n) is 6.60. The Bertz CT molecular complexity index is 417. The van der Waals surface area contributed by atoms with E-state index in [2.05, 4.69) is 29.2 Å². The predicted molar refractivity (Wildman–Crippen MR) is 79.6 cm³/mol. The van der Waals surface area contributed by atoms with E-state index < -0.39 is 0 Å². The summed E-state index contributed by atoms with van der Waals surface area (Å²) in [5, 5.41) is 8.14. The van der Waals surface area contributed by atoms with Gasteiger partial charge in [0.2, 0.25) is 0 Å². The van der Waals surface area contributed by atoms with Crippen LogP contribution in [0.1, 0.15) is 63.6 Å². The van der Waals surface area contributed by atoms with Gasteiger partial charge in [0.15, 0.2) is 0 Å². The summed E-state index contributed by atoms with van der Waals surface area (Å²) in [6.07, 6.45) is 11.1. The van der Waals surface area contributed by atoms with Crippen LogP contribution >= 0.6 is 0 Å². The fourth-order valence-corrected chi connectivity index (χ4v) is 3.40. The molecule has 1 unspecified atom stereocenters. The number of piperidine rings is 1. The van der Waals surface area contributed by atoms with Crippen LogP contribution < -0.4 is 5.32 Å². The molecule has 1 aliphatic heterocycles. The van der Waals surface area contributed by atoms with E-state index >= 15 is 0 Å². The molecule has 20 heavy (non-hydrogen) atoms. The van der Waals surface area contributed by atoms with Gasteiger partial charge in [-0.25, -0.2) is 0 Å². The highest BCUT2D eigenvalue weighted by Crippen LogP contribution is 2.28. The summed E-state index contributed by atoms with van der Waals surface area (Å²) in [5.74, 6) is 0. The topological polar surface area (TPSA) is 39.1 Å². The minimum Gasteiger partial charge on any atom is -0.368 e. The van der Waals surface area contributed by atoms with Crippen LogP contribution in [-0.2, 0) is 11.3 Å². The molecule has 3 rings (SSSR count). The van der Waals surface area contributed by atoms with Crippen molar-refractivity contribution in [3.8, 4) is 0 Å². The van der Waals surface area contributed by atoms with Gasteiger partial charge in [-0.05, 0) is 45.2 Å². The van der Waals surface area contributed by atoms with Crippen molar-refractivity contribution in [1.82, 2.24) is 15.1 Å². The van der Waals surface area contributed by atoms with E-state index in [0.29, 0.717) is 12.6 Å². The molecule has 0 bridgehead atoms. The Morgan fingerprint density at radius 1 is 1.35 bits per heavy atom. The summed E-state index contributed by atoms with van der Waals surface area (Å²) < 4.78 is 8.28. The molecule has 2 aliphatic rings. The van der Waals surface area contributed by atoms with Crippen LogP contribution in [0.25, 0.3) is 0 Å². The molecular formula is C16H27N3O. The van der Waals surface area contributed by atoms with Gasteiger partial charge in [0.25, 0.3) is 0 Å². The Labute approximate surface area is 121 Å². The zero-order valence-corrected chi connectivity index (χ0v) is 12.6.